The summed E-state index contributed by atoms with van der Waals surface area (Å²) in [6.07, 6.45) is 26.4. The molecule has 2 unspecified atom stereocenters. The number of aliphatic hydroxyl groups excluding tert-OH is 2. The zero-order valence-electron chi connectivity index (χ0n) is 33.5. The third-order valence-corrected chi connectivity index (χ3v) is 9.74. The lowest BCUT2D eigenvalue weighted by molar-refractivity contribution is -0.161. The van der Waals surface area contributed by atoms with Gasteiger partial charge in [-0.05, 0) is 44.4 Å². The summed E-state index contributed by atoms with van der Waals surface area (Å²) in [6, 6.07) is 0. The van der Waals surface area contributed by atoms with E-state index in [0.717, 1.165) is 38.5 Å². The molecule has 0 spiro atoms. The first-order valence-corrected chi connectivity index (χ1v) is 23.2. The number of allylic oxidation sites excluding steroid dienone is 5. The molecular formula is C39H72O14P2. The van der Waals surface area contributed by atoms with Crippen molar-refractivity contribution in [1.29, 1.82) is 0 Å². The highest BCUT2D eigenvalue weighted by atomic mass is 31.2. The molecule has 322 valence electrons. The highest BCUT2D eigenvalue weighted by Gasteiger charge is 2.28. The quantitative estimate of drug-likeness (QED) is 0.0130. The van der Waals surface area contributed by atoms with Gasteiger partial charge in [-0.3, -0.25) is 23.2 Å². The molecule has 0 heterocycles. The van der Waals surface area contributed by atoms with Crippen LogP contribution >= 0.6 is 15.6 Å². The van der Waals surface area contributed by atoms with Crippen LogP contribution < -0.4 is 0 Å². The van der Waals surface area contributed by atoms with Gasteiger partial charge in [0.25, 0.3) is 0 Å². The molecule has 5 N–H and O–H groups in total. The van der Waals surface area contributed by atoms with E-state index in [0.29, 0.717) is 25.2 Å². The number of hydrogen-bond donors (Lipinski definition) is 5. The van der Waals surface area contributed by atoms with E-state index in [1.165, 1.54) is 57.8 Å². The van der Waals surface area contributed by atoms with E-state index in [1.54, 1.807) is 12.2 Å². The normalized spacial score (nSPS) is 15.2. The molecule has 4 atom stereocenters. The molecule has 0 aliphatic heterocycles. The second-order valence-corrected chi connectivity index (χ2v) is 16.9. The molecule has 0 aromatic heterocycles. The molecule has 0 amide bonds. The van der Waals surface area contributed by atoms with E-state index in [-0.39, 0.29) is 12.8 Å². The predicted octanol–water partition coefficient (Wildman–Crippen LogP) is 8.55. The second-order valence-electron chi connectivity index (χ2n) is 14.2. The van der Waals surface area contributed by atoms with Gasteiger partial charge in [-0.2, -0.15) is 0 Å². The Kier molecular flexibility index (Phi) is 33.3. The van der Waals surface area contributed by atoms with Gasteiger partial charge in [-0.15, -0.1) is 0 Å². The van der Waals surface area contributed by atoms with E-state index in [4.69, 9.17) is 23.8 Å². The molecule has 0 aromatic rings. The Hall–Kier alpha value is -1.70. The van der Waals surface area contributed by atoms with Crippen LogP contribution in [0.5, 0.6) is 0 Å². The van der Waals surface area contributed by atoms with Crippen LogP contribution in [0.25, 0.3) is 0 Å². The number of hydrogen-bond acceptors (Lipinski definition) is 11. The lowest BCUT2D eigenvalue weighted by Crippen LogP contribution is -2.30. The lowest BCUT2D eigenvalue weighted by atomic mass is 10.0. The Balaban J connectivity index is 4.71. The minimum absolute atomic E-state index is 0.0285. The van der Waals surface area contributed by atoms with Crippen LogP contribution in [0, 0.1) is 5.92 Å². The van der Waals surface area contributed by atoms with Gasteiger partial charge in [0.15, 0.2) is 6.10 Å². The number of ether oxygens (including phenoxy) is 2. The molecule has 0 aromatic carbocycles. The van der Waals surface area contributed by atoms with E-state index in [9.17, 15) is 33.8 Å². The molecule has 0 saturated carbocycles. The first-order chi connectivity index (χ1) is 26.1. The molecule has 55 heavy (non-hydrogen) atoms. The number of aliphatic hydroxyl groups is 2. The summed E-state index contributed by atoms with van der Waals surface area (Å²) in [7, 11) is -9.72. The lowest BCUT2D eigenvalue weighted by Gasteiger charge is -2.20. The highest BCUT2D eigenvalue weighted by molar-refractivity contribution is 7.47. The summed E-state index contributed by atoms with van der Waals surface area (Å²) in [6.45, 7) is 3.74. The van der Waals surface area contributed by atoms with Gasteiger partial charge in [-0.1, -0.05) is 134 Å². The molecular weight excluding hydrogens is 754 g/mol. The van der Waals surface area contributed by atoms with Crippen molar-refractivity contribution in [2.45, 2.75) is 167 Å². The van der Waals surface area contributed by atoms with Crippen molar-refractivity contribution in [3.63, 3.8) is 0 Å². The SMILES string of the molecule is CCCCCCCC/C=C/C/C=C/C=C/C(O)CCCC(=O)OC[C@H](COP(=O)(O)OC[C@@H](O)COP(=O)(O)O)OC(=O)CCCCCCCCCC(C)C. The first-order valence-electron chi connectivity index (χ1n) is 20.1. The predicted molar refractivity (Wildman–Crippen MR) is 213 cm³/mol. The Morgan fingerprint density at radius 3 is 1.91 bits per heavy atom. The summed E-state index contributed by atoms with van der Waals surface area (Å²) in [5.41, 5.74) is 0. The number of carbonyl (C=O) groups is 2. The van der Waals surface area contributed by atoms with Crippen LogP contribution in [0.3, 0.4) is 0 Å². The Labute approximate surface area is 329 Å². The summed E-state index contributed by atoms with van der Waals surface area (Å²) in [5, 5.41) is 19.9. The van der Waals surface area contributed by atoms with E-state index in [1.807, 2.05) is 12.2 Å². The number of phosphoric acid groups is 2. The van der Waals surface area contributed by atoms with Crippen LogP contribution in [0.15, 0.2) is 36.5 Å². The maximum atomic E-state index is 12.6. The van der Waals surface area contributed by atoms with Crippen LogP contribution in [0.1, 0.15) is 149 Å². The molecule has 0 saturated heterocycles. The smallest absolute Gasteiger partial charge is 0.462 e. The molecule has 14 nitrogen and oxygen atoms in total. The number of carbonyl (C=O) groups excluding carboxylic acids is 2. The first kappa shape index (κ1) is 53.3. The van der Waals surface area contributed by atoms with Crippen LogP contribution in [0.4, 0.5) is 0 Å². The number of phosphoric ester groups is 2. The minimum atomic E-state index is -4.88. The van der Waals surface area contributed by atoms with Gasteiger partial charge in [0.05, 0.1) is 25.9 Å². The number of unbranched alkanes of at least 4 members (excludes halogenated alkanes) is 12. The van der Waals surface area contributed by atoms with E-state index >= 15 is 0 Å². The fourth-order valence-corrected chi connectivity index (χ4v) is 6.34. The summed E-state index contributed by atoms with van der Waals surface area (Å²) < 4.78 is 47.4. The van der Waals surface area contributed by atoms with Crippen molar-refractivity contribution in [3.05, 3.63) is 36.5 Å². The Bertz CT molecular complexity index is 1150. The van der Waals surface area contributed by atoms with Gasteiger partial charge in [-0.25, -0.2) is 9.13 Å². The van der Waals surface area contributed by atoms with Crippen LogP contribution in [0.2, 0.25) is 0 Å². The van der Waals surface area contributed by atoms with Gasteiger partial charge in [0.1, 0.15) is 12.7 Å². The van der Waals surface area contributed by atoms with Crippen molar-refractivity contribution < 1.29 is 66.7 Å². The number of esters is 2. The van der Waals surface area contributed by atoms with Crippen molar-refractivity contribution in [2.24, 2.45) is 5.92 Å². The van der Waals surface area contributed by atoms with Crippen molar-refractivity contribution in [3.8, 4) is 0 Å². The summed E-state index contributed by atoms with van der Waals surface area (Å²) >= 11 is 0. The van der Waals surface area contributed by atoms with Crippen molar-refractivity contribution in [2.75, 3.05) is 26.4 Å². The Morgan fingerprint density at radius 1 is 0.636 bits per heavy atom. The standard InChI is InChI=1S/C39H72O14P2/c1-4-5-6-7-8-9-10-11-12-13-16-19-22-26-35(40)27-24-29-38(42)49-32-37(33-52-55(47,48)51-31-36(41)30-50-54(44,45)46)53-39(43)28-23-20-17-14-15-18-21-25-34(2)3/h11-12,16,19,22,26,34-37,40-41H,4-10,13-15,17-18,20-21,23-25,27-33H2,1-3H3,(H,47,48)(H2,44,45,46)/b12-11+,19-16+,26-22+/t35?,36-,37+/m0/s1. The third kappa shape index (κ3) is 38.9. The molecule has 0 fully saturated rings. The van der Waals surface area contributed by atoms with E-state index in [2.05, 4.69) is 42.0 Å². The summed E-state index contributed by atoms with van der Waals surface area (Å²) in [5.74, 6) is -0.531. The number of rotatable bonds is 37. The van der Waals surface area contributed by atoms with Gasteiger partial charge in [0, 0.05) is 12.8 Å². The molecule has 0 aliphatic rings. The fourth-order valence-electron chi connectivity index (χ4n) is 5.19. The highest BCUT2D eigenvalue weighted by Crippen LogP contribution is 2.43. The molecule has 0 aliphatic carbocycles. The molecule has 16 heteroatoms. The topological polar surface area (TPSA) is 216 Å². The van der Waals surface area contributed by atoms with Crippen LogP contribution in [-0.2, 0) is 41.8 Å². The zero-order valence-corrected chi connectivity index (χ0v) is 35.3. The second kappa shape index (κ2) is 34.4. The maximum absolute atomic E-state index is 12.6. The summed E-state index contributed by atoms with van der Waals surface area (Å²) in [4.78, 5) is 52.5. The Morgan fingerprint density at radius 2 is 1.24 bits per heavy atom. The fraction of sp³-hybridized carbons (Fsp3) is 0.795. The average molecular weight is 827 g/mol. The van der Waals surface area contributed by atoms with Crippen LogP contribution in [-0.4, -0.2) is 81.6 Å². The largest absolute Gasteiger partial charge is 0.472 e. The average Bonchev–Trinajstić information content (AvgIpc) is 3.11. The molecule has 0 rings (SSSR count). The van der Waals surface area contributed by atoms with Crippen molar-refractivity contribution >= 4 is 27.6 Å². The molecule has 0 radical (unpaired) electrons. The van der Waals surface area contributed by atoms with Gasteiger partial charge in [0.2, 0.25) is 0 Å². The van der Waals surface area contributed by atoms with E-state index < -0.39 is 72.3 Å². The van der Waals surface area contributed by atoms with Crippen molar-refractivity contribution in [1.82, 2.24) is 0 Å². The maximum Gasteiger partial charge on any atom is 0.472 e. The third-order valence-electron chi connectivity index (χ3n) is 8.30. The van der Waals surface area contributed by atoms with Gasteiger partial charge >= 0.3 is 27.6 Å². The molecule has 0 bridgehead atoms. The minimum Gasteiger partial charge on any atom is -0.462 e. The monoisotopic (exact) mass is 826 g/mol. The van der Waals surface area contributed by atoms with Gasteiger partial charge < -0.3 is 34.4 Å². The zero-order chi connectivity index (χ0) is 41.2.